The first-order valence-corrected chi connectivity index (χ1v) is 13.2. The molecule has 1 aromatic carbocycles. The highest BCUT2D eigenvalue weighted by Gasteiger charge is 2.53. The third-order valence-corrected chi connectivity index (χ3v) is 10.5. The van der Waals surface area contributed by atoms with Gasteiger partial charge < -0.3 is 0 Å². The zero-order chi connectivity index (χ0) is 20.2. The van der Waals surface area contributed by atoms with Crippen LogP contribution >= 0.6 is 0 Å². The maximum atomic E-state index is 13.2. The summed E-state index contributed by atoms with van der Waals surface area (Å²) in [6.45, 7) is 7.42. The minimum atomic E-state index is -3.38. The van der Waals surface area contributed by atoms with E-state index in [0.717, 1.165) is 37.3 Å². The van der Waals surface area contributed by atoms with Crippen LogP contribution in [-0.2, 0) is 10.0 Å². The van der Waals surface area contributed by atoms with Gasteiger partial charge in [0.15, 0.2) is 0 Å². The van der Waals surface area contributed by atoms with Gasteiger partial charge in [0.1, 0.15) is 0 Å². The molecule has 4 saturated carbocycles. The van der Waals surface area contributed by atoms with E-state index in [9.17, 15) is 8.42 Å². The van der Waals surface area contributed by atoms with Crippen LogP contribution in [0.2, 0.25) is 0 Å². The van der Waals surface area contributed by atoms with Crippen LogP contribution in [0.5, 0.6) is 0 Å². The van der Waals surface area contributed by atoms with Crippen molar-refractivity contribution in [1.29, 1.82) is 0 Å². The molecule has 4 nitrogen and oxygen atoms in total. The highest BCUT2D eigenvalue weighted by Crippen LogP contribution is 2.57. The van der Waals surface area contributed by atoms with E-state index in [2.05, 4.69) is 18.7 Å². The molecule has 29 heavy (non-hydrogen) atoms. The third-order valence-electron chi connectivity index (χ3n) is 8.61. The SMILES string of the molecule is CC[C@H](C)c1ccc(S(=O)(=O)N2CCN(C34CC5CC(CC(C5)C3)C4)CC2)cc1. The summed E-state index contributed by atoms with van der Waals surface area (Å²) in [5, 5.41) is 0. The molecule has 0 radical (unpaired) electrons. The number of piperazine rings is 1. The summed E-state index contributed by atoms with van der Waals surface area (Å²) in [6, 6.07) is 7.60. The van der Waals surface area contributed by atoms with Gasteiger partial charge in [-0.3, -0.25) is 4.90 Å². The van der Waals surface area contributed by atoms with Crippen molar-refractivity contribution in [3.63, 3.8) is 0 Å². The molecule has 1 heterocycles. The number of hydrogen-bond donors (Lipinski definition) is 0. The second kappa shape index (κ2) is 7.35. The molecule has 0 N–H and O–H groups in total. The zero-order valence-electron chi connectivity index (χ0n) is 18.0. The van der Waals surface area contributed by atoms with Crippen LogP contribution in [0, 0.1) is 17.8 Å². The van der Waals surface area contributed by atoms with Gasteiger partial charge in [-0.15, -0.1) is 0 Å². The van der Waals surface area contributed by atoms with E-state index in [1.54, 1.807) is 4.31 Å². The molecule has 0 spiro atoms. The highest BCUT2D eigenvalue weighted by atomic mass is 32.2. The minimum Gasteiger partial charge on any atom is -0.295 e. The smallest absolute Gasteiger partial charge is 0.243 e. The van der Waals surface area contributed by atoms with E-state index in [1.165, 1.54) is 44.1 Å². The van der Waals surface area contributed by atoms with Gasteiger partial charge in [0.2, 0.25) is 10.0 Å². The molecular formula is C24H36N2O2S. The van der Waals surface area contributed by atoms with Gasteiger partial charge >= 0.3 is 0 Å². The molecule has 6 rings (SSSR count). The molecule has 1 saturated heterocycles. The molecule has 1 aliphatic heterocycles. The van der Waals surface area contributed by atoms with Crippen molar-refractivity contribution in [2.45, 2.75) is 75.1 Å². The fraction of sp³-hybridized carbons (Fsp3) is 0.750. The van der Waals surface area contributed by atoms with Crippen molar-refractivity contribution in [3.8, 4) is 0 Å². The fourth-order valence-corrected chi connectivity index (χ4v) is 8.63. The first-order chi connectivity index (χ1) is 13.9. The van der Waals surface area contributed by atoms with E-state index in [0.29, 0.717) is 29.4 Å². The molecule has 5 fully saturated rings. The number of benzene rings is 1. The topological polar surface area (TPSA) is 40.6 Å². The Morgan fingerprint density at radius 3 is 1.93 bits per heavy atom. The maximum absolute atomic E-state index is 13.2. The van der Waals surface area contributed by atoms with Crippen molar-refractivity contribution in [2.24, 2.45) is 17.8 Å². The molecule has 4 aliphatic carbocycles. The Bertz CT molecular complexity index is 805. The summed E-state index contributed by atoms with van der Waals surface area (Å²) in [4.78, 5) is 3.14. The lowest BCUT2D eigenvalue weighted by Gasteiger charge is -2.61. The lowest BCUT2D eigenvalue weighted by atomic mass is 9.52. The average molecular weight is 417 g/mol. The van der Waals surface area contributed by atoms with Gasteiger partial charge in [-0.1, -0.05) is 26.0 Å². The Balaban J connectivity index is 1.27. The summed E-state index contributed by atoms with van der Waals surface area (Å²) >= 11 is 0. The van der Waals surface area contributed by atoms with Gasteiger partial charge in [-0.05, 0) is 86.3 Å². The monoisotopic (exact) mass is 416 g/mol. The Morgan fingerprint density at radius 1 is 0.931 bits per heavy atom. The lowest BCUT2D eigenvalue weighted by molar-refractivity contribution is -0.0964. The summed E-state index contributed by atoms with van der Waals surface area (Å²) in [5.41, 5.74) is 1.61. The largest absolute Gasteiger partial charge is 0.295 e. The minimum absolute atomic E-state index is 0.391. The number of hydrogen-bond acceptors (Lipinski definition) is 3. The van der Waals surface area contributed by atoms with Crippen LogP contribution in [0.4, 0.5) is 0 Å². The summed E-state index contributed by atoms with van der Waals surface area (Å²) in [6.07, 6.45) is 9.54. The molecule has 160 valence electrons. The zero-order valence-corrected chi connectivity index (χ0v) is 18.8. The van der Waals surface area contributed by atoms with Crippen molar-refractivity contribution in [2.75, 3.05) is 26.2 Å². The van der Waals surface area contributed by atoms with E-state index < -0.39 is 10.0 Å². The first kappa shape index (κ1) is 20.0. The van der Waals surface area contributed by atoms with Crippen LogP contribution in [-0.4, -0.2) is 49.3 Å². The standard InChI is InChI=1S/C24H36N2O2S/c1-3-18(2)22-4-6-23(7-5-22)29(27,28)26-10-8-25(9-11-26)24-15-19-12-20(16-24)14-21(13-19)17-24/h4-7,18-21H,3,8-17H2,1-2H3/t18-,19?,20?,21?,24?/m0/s1. The summed E-state index contributed by atoms with van der Waals surface area (Å²) < 4.78 is 28.1. The number of nitrogens with zero attached hydrogens (tertiary/aromatic N) is 2. The van der Waals surface area contributed by atoms with Crippen LogP contribution in [0.3, 0.4) is 0 Å². The molecule has 1 atom stereocenters. The van der Waals surface area contributed by atoms with E-state index >= 15 is 0 Å². The van der Waals surface area contributed by atoms with Gasteiger partial charge in [0.05, 0.1) is 4.90 Å². The van der Waals surface area contributed by atoms with Gasteiger partial charge in [0, 0.05) is 31.7 Å². The van der Waals surface area contributed by atoms with Gasteiger partial charge in [0.25, 0.3) is 0 Å². The predicted octanol–water partition coefficient (Wildman–Crippen LogP) is 4.48. The van der Waals surface area contributed by atoms with Crippen molar-refractivity contribution < 1.29 is 8.42 Å². The van der Waals surface area contributed by atoms with E-state index in [-0.39, 0.29) is 0 Å². The second-order valence-electron chi connectivity index (χ2n) is 10.4. The van der Waals surface area contributed by atoms with Crippen molar-refractivity contribution in [1.82, 2.24) is 9.21 Å². The summed E-state index contributed by atoms with van der Waals surface area (Å²) in [5.74, 6) is 3.28. The number of sulfonamides is 1. The number of rotatable bonds is 5. The highest BCUT2D eigenvalue weighted by molar-refractivity contribution is 7.89. The van der Waals surface area contributed by atoms with Crippen LogP contribution in [0.25, 0.3) is 0 Å². The second-order valence-corrected chi connectivity index (χ2v) is 12.3. The Kier molecular flexibility index (Phi) is 5.07. The van der Waals surface area contributed by atoms with Crippen molar-refractivity contribution >= 4 is 10.0 Å². The van der Waals surface area contributed by atoms with Gasteiger partial charge in [-0.25, -0.2) is 8.42 Å². The van der Waals surface area contributed by atoms with Crippen LogP contribution in [0.1, 0.15) is 70.3 Å². The van der Waals surface area contributed by atoms with Crippen molar-refractivity contribution in [3.05, 3.63) is 29.8 Å². The fourth-order valence-electron chi connectivity index (χ4n) is 7.21. The van der Waals surface area contributed by atoms with Gasteiger partial charge in [-0.2, -0.15) is 4.31 Å². The molecule has 0 unspecified atom stereocenters. The van der Waals surface area contributed by atoms with Crippen LogP contribution < -0.4 is 0 Å². The lowest BCUT2D eigenvalue weighted by Crippen LogP contribution is -2.64. The van der Waals surface area contributed by atoms with E-state index in [4.69, 9.17) is 0 Å². The first-order valence-electron chi connectivity index (χ1n) is 11.7. The Hall–Kier alpha value is -0.910. The molecular weight excluding hydrogens is 380 g/mol. The molecule has 0 amide bonds. The molecule has 0 aromatic heterocycles. The predicted molar refractivity (Wildman–Crippen MR) is 116 cm³/mol. The normalized spacial score (nSPS) is 36.4. The molecule has 5 aliphatic rings. The quantitative estimate of drug-likeness (QED) is 0.711. The third kappa shape index (κ3) is 3.47. The summed E-state index contributed by atoms with van der Waals surface area (Å²) in [7, 11) is -3.38. The maximum Gasteiger partial charge on any atom is 0.243 e. The average Bonchev–Trinajstić information content (AvgIpc) is 2.72. The molecule has 5 heteroatoms. The molecule has 1 aromatic rings. The Labute approximate surface area is 176 Å². The van der Waals surface area contributed by atoms with E-state index in [1.807, 2.05) is 24.3 Å². The molecule has 4 bridgehead atoms. The Morgan fingerprint density at radius 2 is 1.45 bits per heavy atom. The van der Waals surface area contributed by atoms with Crippen LogP contribution in [0.15, 0.2) is 29.2 Å².